The molecule has 0 spiro atoms. The Morgan fingerprint density at radius 3 is 2.71 bits per heavy atom. The zero-order valence-corrected chi connectivity index (χ0v) is 13.2. The van der Waals surface area contributed by atoms with Gasteiger partial charge in [-0.05, 0) is 37.3 Å². The fourth-order valence-electron chi connectivity index (χ4n) is 2.96. The van der Waals surface area contributed by atoms with Crippen molar-refractivity contribution in [3.8, 4) is 0 Å². The first-order valence-electron chi connectivity index (χ1n) is 6.96. The second-order valence-corrected chi connectivity index (χ2v) is 6.58. The molecule has 112 valence electrons. The van der Waals surface area contributed by atoms with Crippen molar-refractivity contribution in [2.45, 2.75) is 31.8 Å². The number of rotatable bonds is 3. The number of carbonyl (C=O) groups excluding carboxylic acids is 2. The summed E-state index contributed by atoms with van der Waals surface area (Å²) in [5.74, 6) is 0.0579. The molecule has 1 heterocycles. The number of hydrogen-bond acceptors (Lipinski definition) is 2. The van der Waals surface area contributed by atoms with Crippen LogP contribution in [0.4, 0.5) is 0 Å². The molecule has 1 N–H and O–H groups in total. The molecule has 1 aliphatic heterocycles. The van der Waals surface area contributed by atoms with Crippen LogP contribution in [0.5, 0.6) is 0 Å². The van der Waals surface area contributed by atoms with Gasteiger partial charge in [0.1, 0.15) is 5.54 Å². The number of piperazine rings is 1. The Labute approximate surface area is 133 Å². The highest BCUT2D eigenvalue weighted by molar-refractivity contribution is 6.42. The number of hydrogen-bond donors (Lipinski definition) is 1. The van der Waals surface area contributed by atoms with Crippen molar-refractivity contribution < 1.29 is 9.59 Å². The van der Waals surface area contributed by atoms with Gasteiger partial charge in [-0.1, -0.05) is 35.3 Å². The third kappa shape index (κ3) is 2.40. The maximum absolute atomic E-state index is 12.3. The van der Waals surface area contributed by atoms with Gasteiger partial charge >= 0.3 is 0 Å². The molecule has 0 radical (unpaired) electrons. The van der Waals surface area contributed by atoms with Crippen LogP contribution in [0.3, 0.4) is 0 Å². The van der Waals surface area contributed by atoms with E-state index in [0.29, 0.717) is 16.6 Å². The van der Waals surface area contributed by atoms with Crippen molar-refractivity contribution in [1.29, 1.82) is 0 Å². The monoisotopic (exact) mass is 326 g/mol. The molecule has 1 saturated carbocycles. The van der Waals surface area contributed by atoms with Gasteiger partial charge in [-0.15, -0.1) is 0 Å². The lowest BCUT2D eigenvalue weighted by Gasteiger charge is -2.44. The third-order valence-corrected chi connectivity index (χ3v) is 5.31. The van der Waals surface area contributed by atoms with Gasteiger partial charge < -0.3 is 10.2 Å². The Bertz CT molecular complexity index is 616. The van der Waals surface area contributed by atoms with Crippen LogP contribution in [0.1, 0.15) is 25.3 Å². The van der Waals surface area contributed by atoms with Crippen molar-refractivity contribution in [3.05, 3.63) is 33.8 Å². The van der Waals surface area contributed by atoms with Crippen LogP contribution in [0.15, 0.2) is 18.2 Å². The summed E-state index contributed by atoms with van der Waals surface area (Å²) in [7, 11) is 0. The summed E-state index contributed by atoms with van der Waals surface area (Å²) in [6.45, 7) is 2.19. The highest BCUT2D eigenvalue weighted by Crippen LogP contribution is 2.45. The summed E-state index contributed by atoms with van der Waals surface area (Å²) in [5, 5.41) is 3.59. The maximum Gasteiger partial charge on any atom is 0.246 e. The summed E-state index contributed by atoms with van der Waals surface area (Å²) in [6.07, 6.45) is 1.94. The van der Waals surface area contributed by atoms with E-state index in [-0.39, 0.29) is 24.3 Å². The average molecular weight is 327 g/mol. The Kier molecular flexibility index (Phi) is 3.62. The SMILES string of the molecule is CC1(C2CC2)C(=O)NCC(=O)N1Cc1cccc(Cl)c1Cl. The number of nitrogens with one attached hydrogen (secondary N) is 1. The third-order valence-electron chi connectivity index (χ3n) is 4.45. The van der Waals surface area contributed by atoms with E-state index in [9.17, 15) is 9.59 Å². The molecule has 4 nitrogen and oxygen atoms in total. The standard InChI is InChI=1S/C15H16Cl2N2O2/c1-15(10-5-6-10)14(21)18-7-12(20)19(15)8-9-3-2-4-11(16)13(9)17/h2-4,10H,5-8H2,1H3,(H,18,21). The van der Waals surface area contributed by atoms with Crippen LogP contribution < -0.4 is 5.32 Å². The van der Waals surface area contributed by atoms with Gasteiger partial charge in [0.15, 0.2) is 0 Å². The predicted molar refractivity (Wildman–Crippen MR) is 81.2 cm³/mol. The van der Waals surface area contributed by atoms with Crippen LogP contribution in [0.2, 0.25) is 10.0 Å². The van der Waals surface area contributed by atoms with Gasteiger partial charge in [0.25, 0.3) is 0 Å². The van der Waals surface area contributed by atoms with Gasteiger partial charge in [0, 0.05) is 6.54 Å². The van der Waals surface area contributed by atoms with Gasteiger partial charge in [-0.2, -0.15) is 0 Å². The minimum atomic E-state index is -0.791. The molecule has 0 bridgehead atoms. The number of amides is 2. The van der Waals surface area contributed by atoms with Crippen LogP contribution in [-0.4, -0.2) is 28.8 Å². The first-order chi connectivity index (χ1) is 9.94. The zero-order valence-electron chi connectivity index (χ0n) is 11.7. The summed E-state index contributed by atoms with van der Waals surface area (Å²) in [4.78, 5) is 26.3. The first kappa shape index (κ1) is 14.7. The Morgan fingerprint density at radius 2 is 2.05 bits per heavy atom. The van der Waals surface area contributed by atoms with E-state index in [1.54, 1.807) is 17.0 Å². The first-order valence-corrected chi connectivity index (χ1v) is 7.72. The molecule has 1 aliphatic carbocycles. The Morgan fingerprint density at radius 1 is 1.33 bits per heavy atom. The molecule has 21 heavy (non-hydrogen) atoms. The molecule has 3 rings (SSSR count). The smallest absolute Gasteiger partial charge is 0.246 e. The zero-order chi connectivity index (χ0) is 15.2. The lowest BCUT2D eigenvalue weighted by molar-refractivity contribution is -0.155. The molecule has 6 heteroatoms. The maximum atomic E-state index is 12.3. The second kappa shape index (κ2) is 5.18. The molecule has 2 amide bonds. The van der Waals surface area contributed by atoms with Gasteiger partial charge in [-0.3, -0.25) is 9.59 Å². The van der Waals surface area contributed by atoms with Crippen molar-refractivity contribution in [3.63, 3.8) is 0 Å². The van der Waals surface area contributed by atoms with E-state index < -0.39 is 5.54 Å². The van der Waals surface area contributed by atoms with Crippen molar-refractivity contribution in [1.82, 2.24) is 10.2 Å². The summed E-state index contributed by atoms with van der Waals surface area (Å²) >= 11 is 12.2. The fraction of sp³-hybridized carbons (Fsp3) is 0.467. The van der Waals surface area contributed by atoms with Crippen molar-refractivity contribution in [2.24, 2.45) is 5.92 Å². The number of nitrogens with zero attached hydrogens (tertiary/aromatic N) is 1. The minimum absolute atomic E-state index is 0.0410. The number of halogens is 2. The quantitative estimate of drug-likeness (QED) is 0.928. The van der Waals surface area contributed by atoms with Gasteiger partial charge in [-0.25, -0.2) is 0 Å². The Hall–Kier alpha value is -1.26. The van der Waals surface area contributed by atoms with Crippen molar-refractivity contribution >= 4 is 35.0 Å². The molecular formula is C15H16Cl2N2O2. The summed E-state index contributed by atoms with van der Waals surface area (Å²) < 4.78 is 0. The van der Waals surface area contributed by atoms with E-state index in [2.05, 4.69) is 5.32 Å². The average Bonchev–Trinajstić information content (AvgIpc) is 3.28. The van der Waals surface area contributed by atoms with Crippen LogP contribution in [-0.2, 0) is 16.1 Å². The predicted octanol–water partition coefficient (Wildman–Crippen LogP) is 2.62. The summed E-state index contributed by atoms with van der Waals surface area (Å²) in [5.41, 5.74) is -0.0276. The minimum Gasteiger partial charge on any atom is -0.345 e. The largest absolute Gasteiger partial charge is 0.345 e. The highest BCUT2D eigenvalue weighted by atomic mass is 35.5. The molecule has 1 saturated heterocycles. The van der Waals surface area contributed by atoms with E-state index in [1.807, 2.05) is 13.0 Å². The fourth-order valence-corrected chi connectivity index (χ4v) is 3.34. The molecule has 1 aromatic rings. The molecule has 2 fully saturated rings. The lowest BCUT2D eigenvalue weighted by atomic mass is 9.89. The van der Waals surface area contributed by atoms with Gasteiger partial charge in [0.05, 0.1) is 16.6 Å². The number of benzene rings is 1. The summed E-state index contributed by atoms with van der Waals surface area (Å²) in [6, 6.07) is 5.34. The molecule has 1 atom stereocenters. The normalized spacial score (nSPS) is 26.0. The van der Waals surface area contributed by atoms with E-state index in [1.165, 1.54) is 0 Å². The Balaban J connectivity index is 1.95. The van der Waals surface area contributed by atoms with E-state index >= 15 is 0 Å². The number of carbonyl (C=O) groups is 2. The van der Waals surface area contributed by atoms with Crippen LogP contribution in [0.25, 0.3) is 0 Å². The molecule has 1 aromatic carbocycles. The van der Waals surface area contributed by atoms with Gasteiger partial charge in [0.2, 0.25) is 11.8 Å². The molecule has 1 unspecified atom stereocenters. The molecule has 0 aromatic heterocycles. The van der Waals surface area contributed by atoms with E-state index in [0.717, 1.165) is 18.4 Å². The molecule has 2 aliphatic rings. The highest BCUT2D eigenvalue weighted by Gasteiger charge is 2.54. The van der Waals surface area contributed by atoms with Crippen molar-refractivity contribution in [2.75, 3.05) is 6.54 Å². The topological polar surface area (TPSA) is 49.4 Å². The second-order valence-electron chi connectivity index (χ2n) is 5.80. The van der Waals surface area contributed by atoms with E-state index in [4.69, 9.17) is 23.2 Å². The van der Waals surface area contributed by atoms with Crippen LogP contribution >= 0.6 is 23.2 Å². The lowest BCUT2D eigenvalue weighted by Crippen LogP contribution is -2.66. The molecular weight excluding hydrogens is 311 g/mol. The van der Waals surface area contributed by atoms with Crippen LogP contribution in [0, 0.1) is 5.92 Å².